The fraction of sp³-hybridized carbons (Fsp3) is 0.333. The van der Waals surface area contributed by atoms with Crippen LogP contribution in [0.4, 0.5) is 13.2 Å². The molecule has 4 rings (SSSR count). The largest absolute Gasteiger partial charge is 0.586 e. The molecule has 0 saturated carbocycles. The van der Waals surface area contributed by atoms with Crippen molar-refractivity contribution in [1.82, 2.24) is 10.6 Å². The molecule has 1 saturated heterocycles. The third-order valence-electron chi connectivity index (χ3n) is 4.71. The molecule has 0 radical (unpaired) electrons. The molecule has 182 valence electrons. The summed E-state index contributed by atoms with van der Waals surface area (Å²) in [5.41, 5.74) is 0.510. The Labute approximate surface area is 196 Å². The van der Waals surface area contributed by atoms with E-state index in [0.29, 0.717) is 5.56 Å². The Bertz CT molecular complexity index is 1080. The summed E-state index contributed by atoms with van der Waals surface area (Å²) >= 11 is 5.58. The van der Waals surface area contributed by atoms with Gasteiger partial charge in [-0.05, 0) is 29.8 Å². The highest BCUT2D eigenvalue weighted by atomic mass is 35.5. The predicted octanol–water partition coefficient (Wildman–Crippen LogP) is 2.35. The molecule has 0 aromatic heterocycles. The molecule has 2 heterocycles. The second-order valence-corrected chi connectivity index (χ2v) is 7.65. The van der Waals surface area contributed by atoms with Crippen LogP contribution in [0.5, 0.6) is 17.2 Å². The van der Waals surface area contributed by atoms with Gasteiger partial charge in [-0.2, -0.15) is 0 Å². The number of carbonyl (C=O) groups is 2. The summed E-state index contributed by atoms with van der Waals surface area (Å²) in [5.74, 6) is -1.79. The van der Waals surface area contributed by atoms with Crippen molar-refractivity contribution in [1.29, 1.82) is 0 Å². The lowest BCUT2D eigenvalue weighted by Gasteiger charge is -2.29. The maximum atomic E-state index is 13.4. The first-order chi connectivity index (χ1) is 16.2. The van der Waals surface area contributed by atoms with Crippen LogP contribution in [0.15, 0.2) is 36.4 Å². The zero-order chi connectivity index (χ0) is 24.3. The van der Waals surface area contributed by atoms with Gasteiger partial charge in [-0.3, -0.25) is 9.59 Å². The minimum Gasteiger partial charge on any atom is -0.484 e. The van der Waals surface area contributed by atoms with Crippen LogP contribution in [0, 0.1) is 5.82 Å². The lowest BCUT2D eigenvalue weighted by Crippen LogP contribution is -2.51. The van der Waals surface area contributed by atoms with Crippen molar-refractivity contribution < 1.29 is 46.4 Å². The summed E-state index contributed by atoms with van der Waals surface area (Å²) in [4.78, 5) is 24.3. The van der Waals surface area contributed by atoms with Gasteiger partial charge in [0.15, 0.2) is 30.4 Å². The number of hydrogen-bond acceptors (Lipinski definition) is 7. The van der Waals surface area contributed by atoms with E-state index < -0.39 is 42.9 Å². The van der Waals surface area contributed by atoms with E-state index in [1.165, 1.54) is 30.3 Å². The Kier molecular flexibility index (Phi) is 7.00. The Morgan fingerprint density at radius 3 is 2.62 bits per heavy atom. The van der Waals surface area contributed by atoms with Gasteiger partial charge in [0.05, 0.1) is 18.2 Å². The third-order valence-corrected chi connectivity index (χ3v) is 5.01. The van der Waals surface area contributed by atoms with Crippen LogP contribution in [-0.4, -0.2) is 50.3 Å². The Balaban J connectivity index is 1.17. The van der Waals surface area contributed by atoms with E-state index in [9.17, 15) is 22.8 Å². The number of carbonyl (C=O) groups excluding carboxylic acids is 2. The van der Waals surface area contributed by atoms with Crippen LogP contribution < -0.4 is 24.8 Å². The van der Waals surface area contributed by atoms with Crippen LogP contribution >= 0.6 is 11.6 Å². The summed E-state index contributed by atoms with van der Waals surface area (Å²) in [6.07, 6.45) is -5.46. The molecule has 2 amide bonds. The average Bonchev–Trinajstić information content (AvgIpc) is 3.11. The molecule has 2 atom stereocenters. The molecule has 2 aromatic carbocycles. The van der Waals surface area contributed by atoms with Crippen LogP contribution in [0.25, 0.3) is 0 Å². The molecule has 0 unspecified atom stereocenters. The number of nitrogens with one attached hydrogen (secondary N) is 2. The molecule has 2 N–H and O–H groups in total. The highest BCUT2D eigenvalue weighted by Gasteiger charge is 2.43. The smallest absolute Gasteiger partial charge is 0.484 e. The van der Waals surface area contributed by atoms with Gasteiger partial charge in [-0.25, -0.2) is 4.39 Å². The predicted molar refractivity (Wildman–Crippen MR) is 109 cm³/mol. The molecule has 1 fully saturated rings. The van der Waals surface area contributed by atoms with Crippen molar-refractivity contribution in [2.45, 2.75) is 25.2 Å². The quantitative estimate of drug-likeness (QED) is 0.599. The third kappa shape index (κ3) is 6.01. The van der Waals surface area contributed by atoms with Crippen molar-refractivity contribution in [2.75, 3.05) is 19.8 Å². The van der Waals surface area contributed by atoms with Crippen molar-refractivity contribution in [2.24, 2.45) is 0 Å². The fourth-order valence-electron chi connectivity index (χ4n) is 3.08. The van der Waals surface area contributed by atoms with Gasteiger partial charge in [0, 0.05) is 12.6 Å². The molecule has 9 nitrogen and oxygen atoms in total. The molecule has 34 heavy (non-hydrogen) atoms. The van der Waals surface area contributed by atoms with Gasteiger partial charge in [0.2, 0.25) is 0 Å². The second kappa shape index (κ2) is 9.95. The first-order valence-corrected chi connectivity index (χ1v) is 10.3. The van der Waals surface area contributed by atoms with Crippen molar-refractivity contribution >= 4 is 23.4 Å². The highest BCUT2D eigenvalue weighted by molar-refractivity contribution is 6.30. The molecule has 0 spiro atoms. The van der Waals surface area contributed by atoms with Crippen LogP contribution in [0.3, 0.4) is 0 Å². The number of rotatable bonds is 7. The fourth-order valence-corrected chi connectivity index (χ4v) is 3.20. The average molecular weight is 503 g/mol. The van der Waals surface area contributed by atoms with Crippen LogP contribution in [0.1, 0.15) is 5.56 Å². The van der Waals surface area contributed by atoms with Crippen molar-refractivity contribution in [3.63, 3.8) is 0 Å². The zero-order valence-corrected chi connectivity index (χ0v) is 18.1. The second-order valence-electron chi connectivity index (χ2n) is 7.24. The summed E-state index contributed by atoms with van der Waals surface area (Å²) in [7, 11) is 0. The molecule has 2 aromatic rings. The van der Waals surface area contributed by atoms with E-state index in [0.717, 1.165) is 6.07 Å². The molecule has 0 aliphatic carbocycles. The first kappa shape index (κ1) is 23.9. The monoisotopic (exact) mass is 502 g/mol. The lowest BCUT2D eigenvalue weighted by molar-refractivity contribution is -0.286. The Hall–Kier alpha value is -3.22. The van der Waals surface area contributed by atoms with E-state index in [1.807, 2.05) is 0 Å². The van der Waals surface area contributed by atoms with Crippen LogP contribution in [0.2, 0.25) is 5.02 Å². The molecular formula is C21H18ClF3N2O7. The number of amides is 2. The molecule has 2 aliphatic rings. The minimum absolute atomic E-state index is 0.0314. The summed E-state index contributed by atoms with van der Waals surface area (Å²) in [6.45, 7) is -0.595. The first-order valence-electron chi connectivity index (χ1n) is 9.95. The summed E-state index contributed by atoms with van der Waals surface area (Å²) < 4.78 is 64.3. The standard InChI is InChI=1S/C21H18ClF3N2O7/c22-13-3-2-12(6-14(13)23)30-9-18(28)27-19-10-31-17(8-32-19)20(29)26-7-11-1-4-15-16(5-11)34-21(24,25)33-15/h1-6,17,19H,7-10H2,(H,26,29)(H,27,28)/t17-,19+/m0/s1. The normalized spacial score (nSPS) is 20.5. The highest BCUT2D eigenvalue weighted by Crippen LogP contribution is 2.41. The number of ether oxygens (including phenoxy) is 5. The van der Waals surface area contributed by atoms with E-state index in [-0.39, 0.29) is 42.0 Å². The van der Waals surface area contributed by atoms with Crippen molar-refractivity contribution in [3.05, 3.63) is 52.8 Å². The maximum absolute atomic E-state index is 13.4. The van der Waals surface area contributed by atoms with E-state index >= 15 is 0 Å². The zero-order valence-electron chi connectivity index (χ0n) is 17.3. The SMILES string of the molecule is O=C(COc1ccc(Cl)c(F)c1)N[C@H]1CO[C@H](C(=O)NCc2ccc3c(c2)OC(F)(F)O3)CO1. The van der Waals surface area contributed by atoms with Gasteiger partial charge in [-0.15, -0.1) is 8.78 Å². The van der Waals surface area contributed by atoms with Gasteiger partial charge in [-0.1, -0.05) is 17.7 Å². The van der Waals surface area contributed by atoms with Gasteiger partial charge in [0.1, 0.15) is 11.6 Å². The number of hydrogen-bond donors (Lipinski definition) is 2. The number of fused-ring (bicyclic) bond motifs is 1. The number of benzene rings is 2. The molecule has 2 aliphatic heterocycles. The number of alkyl halides is 2. The maximum Gasteiger partial charge on any atom is 0.586 e. The Morgan fingerprint density at radius 2 is 1.88 bits per heavy atom. The summed E-state index contributed by atoms with van der Waals surface area (Å²) in [5, 5.41) is 5.06. The minimum atomic E-state index is -3.72. The van der Waals surface area contributed by atoms with E-state index in [2.05, 4.69) is 20.1 Å². The van der Waals surface area contributed by atoms with E-state index in [1.54, 1.807) is 0 Å². The lowest BCUT2D eigenvalue weighted by atomic mass is 10.2. The van der Waals surface area contributed by atoms with Gasteiger partial charge >= 0.3 is 6.29 Å². The number of halogens is 4. The van der Waals surface area contributed by atoms with Crippen molar-refractivity contribution in [3.8, 4) is 17.2 Å². The van der Waals surface area contributed by atoms with E-state index in [4.69, 9.17) is 25.8 Å². The van der Waals surface area contributed by atoms with Crippen LogP contribution in [-0.2, 0) is 25.6 Å². The topological polar surface area (TPSA) is 104 Å². The molecule has 13 heteroatoms. The van der Waals surface area contributed by atoms with Gasteiger partial charge < -0.3 is 34.3 Å². The van der Waals surface area contributed by atoms with Gasteiger partial charge in [0.25, 0.3) is 11.8 Å². The molecular weight excluding hydrogens is 485 g/mol. The summed E-state index contributed by atoms with van der Waals surface area (Å²) in [6, 6.07) is 7.94. The Morgan fingerprint density at radius 1 is 1.09 bits per heavy atom. The molecule has 0 bridgehead atoms.